The molecule has 5 heteroatoms. The summed E-state index contributed by atoms with van der Waals surface area (Å²) >= 11 is 0. The van der Waals surface area contributed by atoms with Gasteiger partial charge < -0.3 is 14.8 Å². The zero-order chi connectivity index (χ0) is 12.8. The minimum atomic E-state index is 0.228. The predicted octanol–water partition coefficient (Wildman–Crippen LogP) is 1.22. The topological polar surface area (TPSA) is 46.6 Å². The van der Waals surface area contributed by atoms with Crippen LogP contribution in [0.4, 0.5) is 5.82 Å². The molecule has 1 N–H and O–H groups in total. The Labute approximate surface area is 108 Å². The Hall–Kier alpha value is -1.33. The number of rotatable bonds is 5. The lowest BCUT2D eigenvalue weighted by Crippen LogP contribution is -2.45. The Bertz CT molecular complexity index is 373. The van der Waals surface area contributed by atoms with Gasteiger partial charge in [-0.3, -0.25) is 4.90 Å². The summed E-state index contributed by atoms with van der Waals surface area (Å²) in [7, 11) is 1.62. The van der Waals surface area contributed by atoms with Crippen molar-refractivity contribution in [2.24, 2.45) is 0 Å². The van der Waals surface area contributed by atoms with Gasteiger partial charge in [0.05, 0.1) is 19.8 Å². The van der Waals surface area contributed by atoms with Crippen molar-refractivity contribution in [3.8, 4) is 5.88 Å². The van der Waals surface area contributed by atoms with E-state index in [-0.39, 0.29) is 6.10 Å². The lowest BCUT2D eigenvalue weighted by Gasteiger charge is -2.32. The monoisotopic (exact) mass is 251 g/mol. The zero-order valence-corrected chi connectivity index (χ0v) is 11.1. The van der Waals surface area contributed by atoms with Gasteiger partial charge >= 0.3 is 0 Å². The summed E-state index contributed by atoms with van der Waals surface area (Å²) in [5.41, 5.74) is 0. The molecule has 2 heterocycles. The number of pyridine rings is 1. The average molecular weight is 251 g/mol. The van der Waals surface area contributed by atoms with Gasteiger partial charge in [-0.1, -0.05) is 13.0 Å². The smallest absolute Gasteiger partial charge is 0.214 e. The molecule has 1 saturated heterocycles. The first-order chi connectivity index (χ1) is 8.81. The Balaban J connectivity index is 1.83. The van der Waals surface area contributed by atoms with Crippen LogP contribution in [-0.2, 0) is 4.74 Å². The Morgan fingerprint density at radius 1 is 1.56 bits per heavy atom. The molecule has 18 heavy (non-hydrogen) atoms. The average Bonchev–Trinajstić information content (AvgIpc) is 2.45. The van der Waals surface area contributed by atoms with Crippen LogP contribution < -0.4 is 10.1 Å². The van der Waals surface area contributed by atoms with Gasteiger partial charge in [-0.2, -0.15) is 4.98 Å². The van der Waals surface area contributed by atoms with Gasteiger partial charge in [-0.25, -0.2) is 0 Å². The molecule has 0 aliphatic carbocycles. The summed E-state index contributed by atoms with van der Waals surface area (Å²) in [6.07, 6.45) is 0.228. The van der Waals surface area contributed by atoms with Crippen molar-refractivity contribution < 1.29 is 9.47 Å². The first-order valence-electron chi connectivity index (χ1n) is 6.40. The van der Waals surface area contributed by atoms with Crippen LogP contribution in [0.5, 0.6) is 5.88 Å². The third kappa shape index (κ3) is 3.58. The third-order valence-electron chi connectivity index (χ3n) is 3.11. The Kier molecular flexibility index (Phi) is 4.78. The van der Waals surface area contributed by atoms with Crippen molar-refractivity contribution in [3.05, 3.63) is 18.2 Å². The minimum Gasteiger partial charge on any atom is -0.481 e. The van der Waals surface area contributed by atoms with Crippen LogP contribution in [0.1, 0.15) is 6.92 Å². The van der Waals surface area contributed by atoms with E-state index in [0.717, 1.165) is 38.6 Å². The van der Waals surface area contributed by atoms with Gasteiger partial charge in [0.2, 0.25) is 5.88 Å². The molecule has 1 aromatic heterocycles. The number of nitrogens with zero attached hydrogens (tertiary/aromatic N) is 2. The normalized spacial score (nSPS) is 20.7. The first-order valence-corrected chi connectivity index (χ1v) is 6.40. The van der Waals surface area contributed by atoms with E-state index in [0.29, 0.717) is 5.88 Å². The second kappa shape index (κ2) is 6.56. The van der Waals surface area contributed by atoms with E-state index < -0.39 is 0 Å². The maximum atomic E-state index is 5.73. The van der Waals surface area contributed by atoms with Crippen LogP contribution >= 0.6 is 0 Å². The lowest BCUT2D eigenvalue weighted by atomic mass is 10.2. The molecule has 1 aromatic rings. The molecule has 1 atom stereocenters. The fraction of sp³-hybridized carbons (Fsp3) is 0.615. The lowest BCUT2D eigenvalue weighted by molar-refractivity contribution is -0.0192. The SMILES string of the molecule is CCN1CCOC(CNc2cccc(OC)n2)C1. The van der Waals surface area contributed by atoms with Crippen LogP contribution in [0.25, 0.3) is 0 Å². The van der Waals surface area contributed by atoms with Crippen molar-refractivity contribution in [1.29, 1.82) is 0 Å². The van der Waals surface area contributed by atoms with Gasteiger partial charge in [-0.15, -0.1) is 0 Å². The second-order valence-corrected chi connectivity index (χ2v) is 4.33. The van der Waals surface area contributed by atoms with Crippen molar-refractivity contribution in [2.45, 2.75) is 13.0 Å². The van der Waals surface area contributed by atoms with Gasteiger partial charge in [0, 0.05) is 25.7 Å². The summed E-state index contributed by atoms with van der Waals surface area (Å²) in [6, 6.07) is 5.69. The van der Waals surface area contributed by atoms with E-state index in [2.05, 4.69) is 22.1 Å². The predicted molar refractivity (Wildman–Crippen MR) is 71.1 cm³/mol. The van der Waals surface area contributed by atoms with E-state index >= 15 is 0 Å². The molecule has 0 aromatic carbocycles. The summed E-state index contributed by atoms with van der Waals surface area (Å²) in [6.45, 7) is 6.86. The highest BCUT2D eigenvalue weighted by atomic mass is 16.5. The van der Waals surface area contributed by atoms with Crippen LogP contribution in [0.15, 0.2) is 18.2 Å². The summed E-state index contributed by atoms with van der Waals surface area (Å²) < 4.78 is 10.8. The van der Waals surface area contributed by atoms with E-state index in [9.17, 15) is 0 Å². The van der Waals surface area contributed by atoms with Crippen molar-refractivity contribution in [3.63, 3.8) is 0 Å². The number of anilines is 1. The molecule has 100 valence electrons. The maximum absolute atomic E-state index is 5.73. The highest BCUT2D eigenvalue weighted by Crippen LogP contribution is 2.11. The fourth-order valence-electron chi connectivity index (χ4n) is 2.04. The molecule has 1 unspecified atom stereocenters. The van der Waals surface area contributed by atoms with Crippen molar-refractivity contribution >= 4 is 5.82 Å². The van der Waals surface area contributed by atoms with Crippen molar-refractivity contribution in [2.75, 3.05) is 45.2 Å². The highest BCUT2D eigenvalue weighted by molar-refractivity contribution is 5.37. The molecular weight excluding hydrogens is 230 g/mol. The number of morpholine rings is 1. The largest absolute Gasteiger partial charge is 0.481 e. The molecule has 2 rings (SSSR count). The molecule has 0 radical (unpaired) electrons. The van der Waals surface area contributed by atoms with Crippen LogP contribution in [-0.4, -0.2) is 55.9 Å². The third-order valence-corrected chi connectivity index (χ3v) is 3.11. The minimum absolute atomic E-state index is 0.228. The summed E-state index contributed by atoms with van der Waals surface area (Å²) in [5, 5.41) is 3.29. The van der Waals surface area contributed by atoms with Crippen LogP contribution in [0, 0.1) is 0 Å². The number of hydrogen-bond acceptors (Lipinski definition) is 5. The quantitative estimate of drug-likeness (QED) is 0.852. The number of hydrogen-bond donors (Lipinski definition) is 1. The van der Waals surface area contributed by atoms with E-state index in [1.807, 2.05) is 18.2 Å². The number of ether oxygens (including phenoxy) is 2. The summed E-state index contributed by atoms with van der Waals surface area (Å²) in [4.78, 5) is 6.71. The molecule has 0 saturated carbocycles. The van der Waals surface area contributed by atoms with Crippen LogP contribution in [0.3, 0.4) is 0 Å². The Morgan fingerprint density at radius 3 is 3.22 bits per heavy atom. The molecule has 5 nitrogen and oxygen atoms in total. The zero-order valence-electron chi connectivity index (χ0n) is 11.1. The standard InChI is InChI=1S/C13H21N3O2/c1-3-16-7-8-18-11(10-16)9-14-12-5-4-6-13(15-12)17-2/h4-6,11H,3,7-10H2,1-2H3,(H,14,15). The first kappa shape index (κ1) is 13.1. The van der Waals surface area contributed by atoms with E-state index in [4.69, 9.17) is 9.47 Å². The number of aromatic nitrogens is 1. The molecule has 0 amide bonds. The summed E-state index contributed by atoms with van der Waals surface area (Å²) in [5.74, 6) is 1.45. The molecule has 0 bridgehead atoms. The van der Waals surface area contributed by atoms with E-state index in [1.54, 1.807) is 7.11 Å². The van der Waals surface area contributed by atoms with Gasteiger partial charge in [0.25, 0.3) is 0 Å². The number of methoxy groups -OCH3 is 1. The molecular formula is C13H21N3O2. The van der Waals surface area contributed by atoms with Crippen LogP contribution in [0.2, 0.25) is 0 Å². The van der Waals surface area contributed by atoms with Crippen molar-refractivity contribution in [1.82, 2.24) is 9.88 Å². The van der Waals surface area contributed by atoms with Gasteiger partial charge in [0.1, 0.15) is 5.82 Å². The number of likely N-dealkylation sites (N-methyl/N-ethyl adjacent to an activating group) is 1. The molecule has 0 spiro atoms. The number of nitrogens with one attached hydrogen (secondary N) is 1. The highest BCUT2D eigenvalue weighted by Gasteiger charge is 2.18. The van der Waals surface area contributed by atoms with Gasteiger partial charge in [0.15, 0.2) is 0 Å². The fourth-order valence-corrected chi connectivity index (χ4v) is 2.04. The maximum Gasteiger partial charge on any atom is 0.214 e. The molecule has 1 fully saturated rings. The van der Waals surface area contributed by atoms with Gasteiger partial charge in [-0.05, 0) is 12.6 Å². The molecule has 1 aliphatic heterocycles. The van der Waals surface area contributed by atoms with E-state index in [1.165, 1.54) is 0 Å². The second-order valence-electron chi connectivity index (χ2n) is 4.33. The molecule has 1 aliphatic rings. The Morgan fingerprint density at radius 2 is 2.44 bits per heavy atom.